The third kappa shape index (κ3) is 5.15. The minimum atomic E-state index is -0.0387. The molecule has 3 aromatic rings. The number of nitrogens with two attached hydrogens (primary N) is 1. The summed E-state index contributed by atoms with van der Waals surface area (Å²) in [6, 6.07) is 13.2. The van der Waals surface area contributed by atoms with Crippen LogP contribution >= 0.6 is 23.7 Å². The molecule has 0 spiro atoms. The maximum Gasteiger partial charge on any atom is 0.173 e. The molecule has 2 N–H and O–H groups in total. The van der Waals surface area contributed by atoms with Crippen LogP contribution in [0.1, 0.15) is 41.9 Å². The molecule has 6 nitrogen and oxygen atoms in total. The summed E-state index contributed by atoms with van der Waals surface area (Å²) < 4.78 is 5.63. The molecule has 4 heterocycles. The number of thiophene rings is 1. The fraction of sp³-hybridized carbons (Fsp3) is 0.448. The van der Waals surface area contributed by atoms with Crippen LogP contribution in [-0.2, 0) is 11.2 Å². The summed E-state index contributed by atoms with van der Waals surface area (Å²) >= 11 is 1.68. The molecule has 0 radical (unpaired) electrons. The maximum absolute atomic E-state index is 13.2. The van der Waals surface area contributed by atoms with Crippen LogP contribution in [-0.4, -0.2) is 56.2 Å². The van der Waals surface area contributed by atoms with Crippen LogP contribution in [0.25, 0.3) is 22.4 Å². The second kappa shape index (κ2) is 10.4. The number of morpholine rings is 1. The molecule has 1 aliphatic carbocycles. The quantitative estimate of drug-likeness (QED) is 0.477. The largest absolute Gasteiger partial charge is 0.378 e. The zero-order valence-electron chi connectivity index (χ0n) is 21.5. The molecule has 2 saturated heterocycles. The number of hydrogen-bond acceptors (Lipinski definition) is 7. The molecule has 1 unspecified atom stereocenters. The minimum Gasteiger partial charge on any atom is -0.378 e. The Morgan fingerprint density at radius 3 is 2.62 bits per heavy atom. The lowest BCUT2D eigenvalue weighted by Crippen LogP contribution is -2.36. The van der Waals surface area contributed by atoms with Crippen LogP contribution in [0, 0.1) is 5.41 Å². The number of carbonyl (C=O) groups excluding carboxylic acids is 1. The van der Waals surface area contributed by atoms with E-state index < -0.39 is 0 Å². The van der Waals surface area contributed by atoms with Crippen molar-refractivity contribution in [2.24, 2.45) is 11.1 Å². The molecule has 37 heavy (non-hydrogen) atoms. The number of fused-ring (bicyclic) bond motifs is 1. The number of hydrogen-bond donors (Lipinski definition) is 1. The van der Waals surface area contributed by atoms with Crippen molar-refractivity contribution in [3.05, 3.63) is 53.0 Å². The number of ether oxygens (including phenoxy) is 1. The van der Waals surface area contributed by atoms with Crippen molar-refractivity contribution in [2.75, 3.05) is 49.2 Å². The number of benzene rings is 1. The van der Waals surface area contributed by atoms with Gasteiger partial charge in [-0.15, -0.1) is 23.7 Å². The van der Waals surface area contributed by atoms with E-state index in [0.29, 0.717) is 6.42 Å². The summed E-state index contributed by atoms with van der Waals surface area (Å²) in [6.07, 6.45) is 4.45. The van der Waals surface area contributed by atoms with Crippen molar-refractivity contribution in [3.8, 4) is 22.4 Å². The molecule has 2 aromatic heterocycles. The fourth-order valence-corrected chi connectivity index (χ4v) is 7.15. The average molecular weight is 539 g/mol. The van der Waals surface area contributed by atoms with Crippen LogP contribution in [0.5, 0.6) is 0 Å². The normalized spacial score (nSPS) is 21.1. The van der Waals surface area contributed by atoms with Crippen LogP contribution in [0.2, 0.25) is 0 Å². The summed E-state index contributed by atoms with van der Waals surface area (Å²) in [4.78, 5) is 23.7. The number of pyridine rings is 1. The van der Waals surface area contributed by atoms with Crippen molar-refractivity contribution >= 4 is 40.2 Å². The number of carbonyl (C=O) groups is 1. The van der Waals surface area contributed by atoms with E-state index in [9.17, 15) is 4.79 Å². The highest BCUT2D eigenvalue weighted by atomic mass is 35.5. The SMILES string of the molecule is CC1(C)CC(=O)c2sc(N3CCOCC3)c(-c3ccnc(-c4cccc(N5CCC(N)C5)c4)c3)c2C1.Cl. The molecule has 8 heteroatoms. The lowest BCUT2D eigenvalue weighted by Gasteiger charge is -2.30. The number of aromatic nitrogens is 1. The number of nitrogens with zero attached hydrogens (tertiary/aromatic N) is 3. The van der Waals surface area contributed by atoms with Gasteiger partial charge in [-0.3, -0.25) is 9.78 Å². The Morgan fingerprint density at radius 1 is 1.05 bits per heavy atom. The van der Waals surface area contributed by atoms with Crippen LogP contribution in [0.4, 0.5) is 10.7 Å². The Morgan fingerprint density at radius 2 is 1.86 bits per heavy atom. The van der Waals surface area contributed by atoms with Crippen LogP contribution in [0.15, 0.2) is 42.6 Å². The van der Waals surface area contributed by atoms with E-state index in [-0.39, 0.29) is 29.6 Å². The number of anilines is 2. The Bertz CT molecular complexity index is 1300. The summed E-state index contributed by atoms with van der Waals surface area (Å²) in [5.74, 6) is 0.276. The first kappa shape index (κ1) is 26.2. The van der Waals surface area contributed by atoms with Gasteiger partial charge in [0, 0.05) is 61.7 Å². The van der Waals surface area contributed by atoms with E-state index >= 15 is 0 Å². The van der Waals surface area contributed by atoms with Crippen LogP contribution < -0.4 is 15.5 Å². The van der Waals surface area contributed by atoms with E-state index in [1.54, 1.807) is 11.3 Å². The molecule has 0 amide bonds. The van der Waals surface area contributed by atoms with Crippen molar-refractivity contribution < 1.29 is 9.53 Å². The van der Waals surface area contributed by atoms with E-state index in [1.807, 2.05) is 6.20 Å². The molecule has 0 bridgehead atoms. The number of rotatable bonds is 4. The number of halogens is 1. The van der Waals surface area contributed by atoms with Gasteiger partial charge in [0.05, 0.1) is 28.8 Å². The van der Waals surface area contributed by atoms with Gasteiger partial charge in [0.25, 0.3) is 0 Å². The lowest BCUT2D eigenvalue weighted by molar-refractivity contribution is 0.0918. The summed E-state index contributed by atoms with van der Waals surface area (Å²) in [5.41, 5.74) is 12.9. The molecule has 0 saturated carbocycles. The average Bonchev–Trinajstić information content (AvgIpc) is 3.48. The second-order valence-corrected chi connectivity index (χ2v) is 12.1. The topological polar surface area (TPSA) is 71.7 Å². The number of ketones is 1. The molecule has 6 rings (SSSR count). The van der Waals surface area contributed by atoms with Gasteiger partial charge in [-0.1, -0.05) is 26.0 Å². The van der Waals surface area contributed by atoms with E-state index in [1.165, 1.54) is 21.8 Å². The molecule has 2 aliphatic heterocycles. The third-order valence-corrected chi connectivity index (χ3v) is 8.95. The van der Waals surface area contributed by atoms with Crippen molar-refractivity contribution in [1.82, 2.24) is 4.98 Å². The highest BCUT2D eigenvalue weighted by Gasteiger charge is 2.37. The molecule has 2 fully saturated rings. The first-order chi connectivity index (χ1) is 17.4. The summed E-state index contributed by atoms with van der Waals surface area (Å²) in [6.45, 7) is 9.43. The first-order valence-corrected chi connectivity index (χ1v) is 13.8. The van der Waals surface area contributed by atoms with Gasteiger partial charge in [0.1, 0.15) is 0 Å². The molecular weight excluding hydrogens is 504 g/mol. The Balaban J connectivity index is 0.00000280. The molecule has 196 valence electrons. The maximum atomic E-state index is 13.2. The standard InChI is InChI=1S/C29H34N4O2S.ClH/c1-29(2)16-23-26(28(32-10-12-35-13-11-32)36-27(23)25(34)17-29)20-6-8-31-24(15-20)19-4-3-5-22(14-19)33-9-7-21(30)18-33;/h3-6,8,14-15,21H,7,9-13,16-18,30H2,1-2H3;1H. The predicted octanol–water partition coefficient (Wildman–Crippen LogP) is 5.43. The summed E-state index contributed by atoms with van der Waals surface area (Å²) in [5, 5.41) is 1.20. The molecule has 3 aliphatic rings. The van der Waals surface area contributed by atoms with Crippen LogP contribution in [0.3, 0.4) is 0 Å². The highest BCUT2D eigenvalue weighted by molar-refractivity contribution is 7.19. The molecule has 1 atom stereocenters. The Hall–Kier alpha value is -2.45. The van der Waals surface area contributed by atoms with Gasteiger partial charge >= 0.3 is 0 Å². The zero-order chi connectivity index (χ0) is 24.9. The van der Waals surface area contributed by atoms with Gasteiger partial charge < -0.3 is 20.3 Å². The summed E-state index contributed by atoms with van der Waals surface area (Å²) in [7, 11) is 0. The Labute approximate surface area is 229 Å². The predicted molar refractivity (Wildman–Crippen MR) is 155 cm³/mol. The first-order valence-electron chi connectivity index (χ1n) is 13.0. The van der Waals surface area contributed by atoms with Crippen molar-refractivity contribution in [1.29, 1.82) is 0 Å². The lowest BCUT2D eigenvalue weighted by atomic mass is 9.75. The van der Waals surface area contributed by atoms with Crippen molar-refractivity contribution in [3.63, 3.8) is 0 Å². The van der Waals surface area contributed by atoms with Gasteiger partial charge in [-0.25, -0.2) is 0 Å². The van der Waals surface area contributed by atoms with Crippen molar-refractivity contribution in [2.45, 2.75) is 39.2 Å². The third-order valence-electron chi connectivity index (χ3n) is 7.61. The Kier molecular flexibility index (Phi) is 7.33. The van der Waals surface area contributed by atoms with Gasteiger partial charge in [0.15, 0.2) is 5.78 Å². The highest BCUT2D eigenvalue weighted by Crippen LogP contribution is 2.49. The van der Waals surface area contributed by atoms with Gasteiger partial charge in [-0.05, 0) is 53.6 Å². The monoisotopic (exact) mass is 538 g/mol. The zero-order valence-corrected chi connectivity index (χ0v) is 23.2. The number of Topliss-reactive ketones (excluding diaryl/α,β-unsaturated/α-hetero) is 1. The van der Waals surface area contributed by atoms with E-state index in [4.69, 9.17) is 15.5 Å². The second-order valence-electron chi connectivity index (χ2n) is 11.1. The molecular formula is C29H35ClN4O2S. The van der Waals surface area contributed by atoms with Gasteiger partial charge in [0.2, 0.25) is 0 Å². The minimum absolute atomic E-state index is 0. The van der Waals surface area contributed by atoms with E-state index in [2.05, 4.69) is 60.0 Å². The fourth-order valence-electron chi connectivity index (χ4n) is 5.82. The molecule has 1 aromatic carbocycles. The van der Waals surface area contributed by atoms with Gasteiger partial charge in [-0.2, -0.15) is 0 Å². The van der Waals surface area contributed by atoms with E-state index in [0.717, 1.165) is 73.9 Å². The smallest absolute Gasteiger partial charge is 0.173 e.